The average molecular weight is 404 g/mol. The third-order valence-electron chi connectivity index (χ3n) is 9.16. The van der Waals surface area contributed by atoms with E-state index in [4.69, 9.17) is 12.6 Å². The van der Waals surface area contributed by atoms with Gasteiger partial charge in [-0.05, 0) is 74.7 Å². The van der Waals surface area contributed by atoms with E-state index in [2.05, 4.69) is 19.2 Å². The zero-order chi connectivity index (χ0) is 20.5. The van der Waals surface area contributed by atoms with Gasteiger partial charge in [0.25, 0.3) is 0 Å². The molecule has 0 heterocycles. The van der Waals surface area contributed by atoms with E-state index in [1.807, 2.05) is 6.08 Å². The van der Waals surface area contributed by atoms with Gasteiger partial charge in [0.15, 0.2) is 11.6 Å². The smallest absolute Gasteiger partial charge is 0.217 e. The molecule has 0 aromatic carbocycles. The number of nitrogens with one attached hydrogen (secondary N) is 1. The molecular formula is C23H33NO3S. The maximum Gasteiger partial charge on any atom is 0.217 e. The van der Waals surface area contributed by atoms with Crippen molar-refractivity contribution in [3.05, 3.63) is 11.6 Å². The van der Waals surface area contributed by atoms with Crippen molar-refractivity contribution < 1.29 is 14.4 Å². The molecule has 7 atom stereocenters. The lowest BCUT2D eigenvalue weighted by Gasteiger charge is -2.59. The van der Waals surface area contributed by atoms with Crippen LogP contribution in [0.3, 0.4) is 0 Å². The van der Waals surface area contributed by atoms with Gasteiger partial charge in [-0.15, -0.1) is 0 Å². The quantitative estimate of drug-likeness (QED) is 0.688. The molecule has 4 aliphatic rings. The topological polar surface area (TPSA) is 63.2 Å². The normalized spacial score (nSPS) is 47.5. The minimum atomic E-state index is -0.878. The Kier molecular flexibility index (Phi) is 4.65. The van der Waals surface area contributed by atoms with Crippen LogP contribution in [0.5, 0.6) is 0 Å². The van der Waals surface area contributed by atoms with Crippen LogP contribution in [0.25, 0.3) is 0 Å². The molecule has 0 bridgehead atoms. The van der Waals surface area contributed by atoms with Crippen molar-refractivity contribution in [3.8, 4) is 0 Å². The number of hydrogen-bond acceptors (Lipinski definition) is 4. The van der Waals surface area contributed by atoms with Gasteiger partial charge in [-0.2, -0.15) is 12.6 Å². The summed E-state index contributed by atoms with van der Waals surface area (Å²) in [6, 6.07) is 0. The molecule has 1 amide bonds. The third kappa shape index (κ3) is 2.47. The van der Waals surface area contributed by atoms with E-state index in [1.165, 1.54) is 12.5 Å². The molecule has 0 aliphatic heterocycles. The Hall–Kier alpha value is -1.10. The number of allylic oxidation sites excluding steroid dienone is 1. The van der Waals surface area contributed by atoms with E-state index in [-0.39, 0.29) is 33.6 Å². The fourth-order valence-corrected chi connectivity index (χ4v) is 8.60. The molecule has 0 aromatic rings. The highest BCUT2D eigenvalue weighted by atomic mass is 32.1. The van der Waals surface area contributed by atoms with Crippen LogP contribution in [-0.2, 0) is 14.4 Å². The molecule has 0 spiro atoms. The molecule has 0 aromatic heterocycles. The number of ketones is 2. The van der Waals surface area contributed by atoms with Gasteiger partial charge in [0.2, 0.25) is 5.91 Å². The molecule has 28 heavy (non-hydrogen) atoms. The summed E-state index contributed by atoms with van der Waals surface area (Å²) >= 11 is 4.89. The van der Waals surface area contributed by atoms with E-state index >= 15 is 0 Å². The first-order chi connectivity index (χ1) is 13.1. The number of amides is 1. The van der Waals surface area contributed by atoms with Crippen molar-refractivity contribution in [2.45, 2.75) is 83.4 Å². The van der Waals surface area contributed by atoms with Gasteiger partial charge in [0, 0.05) is 24.0 Å². The molecule has 3 unspecified atom stereocenters. The van der Waals surface area contributed by atoms with Crippen LogP contribution in [-0.4, -0.2) is 28.3 Å². The highest BCUT2D eigenvalue weighted by Gasteiger charge is 2.69. The van der Waals surface area contributed by atoms with E-state index < -0.39 is 5.54 Å². The van der Waals surface area contributed by atoms with Crippen molar-refractivity contribution >= 4 is 30.1 Å². The number of carbonyl (C=O) groups is 3. The fourth-order valence-electron chi connectivity index (χ4n) is 7.83. The zero-order valence-electron chi connectivity index (χ0n) is 17.5. The summed E-state index contributed by atoms with van der Waals surface area (Å²) < 4.78 is 0. The standard InChI is InChI=1S/C23H33NO3S/c1-13(25)23(24-14(2)26)20(28)12-19-17-6-5-15-11-16(27)7-9-21(15,3)18(17)8-10-22(19,23)4/h11,17-20,28H,5-10,12H2,1-4H3,(H,24,26)/t17?,18?,19?,20-,21-,22-,23+/m0/s1. The number of hydrogen-bond donors (Lipinski definition) is 2. The highest BCUT2D eigenvalue weighted by molar-refractivity contribution is 7.81. The third-order valence-corrected chi connectivity index (χ3v) is 9.76. The van der Waals surface area contributed by atoms with Crippen molar-refractivity contribution in [1.29, 1.82) is 0 Å². The number of thiol groups is 1. The Bertz CT molecular complexity index is 776. The summed E-state index contributed by atoms with van der Waals surface area (Å²) in [7, 11) is 0. The lowest BCUT2D eigenvalue weighted by Crippen LogP contribution is -2.67. The summed E-state index contributed by atoms with van der Waals surface area (Å²) in [4.78, 5) is 37.0. The number of fused-ring (bicyclic) bond motifs is 5. The second-order valence-electron chi connectivity index (χ2n) is 10.2. The van der Waals surface area contributed by atoms with Crippen LogP contribution >= 0.6 is 12.6 Å². The minimum Gasteiger partial charge on any atom is -0.342 e. The predicted octanol–water partition coefficient (Wildman–Crippen LogP) is 3.89. The molecule has 4 nitrogen and oxygen atoms in total. The first kappa shape index (κ1) is 20.2. The Balaban J connectivity index is 1.74. The molecule has 1 N–H and O–H groups in total. The van der Waals surface area contributed by atoms with E-state index in [0.29, 0.717) is 24.2 Å². The summed E-state index contributed by atoms with van der Waals surface area (Å²) in [5.74, 6) is 1.63. The maximum atomic E-state index is 13.0. The zero-order valence-corrected chi connectivity index (χ0v) is 18.4. The highest BCUT2D eigenvalue weighted by Crippen LogP contribution is 2.68. The molecule has 4 aliphatic carbocycles. The monoisotopic (exact) mass is 403 g/mol. The van der Waals surface area contributed by atoms with Gasteiger partial charge in [-0.1, -0.05) is 19.4 Å². The largest absolute Gasteiger partial charge is 0.342 e. The molecule has 5 heteroatoms. The summed E-state index contributed by atoms with van der Waals surface area (Å²) in [5.41, 5.74) is 0.325. The number of carbonyl (C=O) groups excluding carboxylic acids is 3. The van der Waals surface area contributed by atoms with Gasteiger partial charge >= 0.3 is 0 Å². The van der Waals surface area contributed by atoms with Crippen LogP contribution in [0, 0.1) is 28.6 Å². The van der Waals surface area contributed by atoms with Crippen molar-refractivity contribution in [2.75, 3.05) is 0 Å². The molecule has 0 saturated heterocycles. The molecule has 3 saturated carbocycles. The van der Waals surface area contributed by atoms with Crippen LogP contribution in [0.1, 0.15) is 72.6 Å². The molecule has 3 fully saturated rings. The van der Waals surface area contributed by atoms with Crippen molar-refractivity contribution in [3.63, 3.8) is 0 Å². The van der Waals surface area contributed by atoms with Gasteiger partial charge < -0.3 is 5.32 Å². The maximum absolute atomic E-state index is 13.0. The lowest BCUT2D eigenvalue weighted by atomic mass is 9.46. The Morgan fingerprint density at radius 1 is 1.11 bits per heavy atom. The Morgan fingerprint density at radius 2 is 1.82 bits per heavy atom. The fraction of sp³-hybridized carbons (Fsp3) is 0.783. The SMILES string of the molecule is CC(=O)N[C@]1(C(C)=O)[C@@H](S)CC2C3CCC4=CC(=O)CC[C@]4(C)C3CC[C@@]21C. The van der Waals surface area contributed by atoms with Gasteiger partial charge in [0.1, 0.15) is 5.54 Å². The van der Waals surface area contributed by atoms with Crippen LogP contribution in [0.2, 0.25) is 0 Å². The van der Waals surface area contributed by atoms with Gasteiger partial charge in [-0.3, -0.25) is 14.4 Å². The predicted molar refractivity (Wildman–Crippen MR) is 112 cm³/mol. The van der Waals surface area contributed by atoms with Gasteiger partial charge in [-0.25, -0.2) is 0 Å². The second kappa shape index (κ2) is 6.45. The summed E-state index contributed by atoms with van der Waals surface area (Å²) in [5, 5.41) is 2.94. The van der Waals surface area contributed by atoms with E-state index in [9.17, 15) is 14.4 Å². The minimum absolute atomic E-state index is 0.0389. The van der Waals surface area contributed by atoms with Gasteiger partial charge in [0.05, 0.1) is 0 Å². The molecule has 0 radical (unpaired) electrons. The average Bonchev–Trinajstić information content (AvgIpc) is 2.83. The molecule has 4 rings (SSSR count). The number of rotatable bonds is 2. The number of Topliss-reactive ketones (excluding diaryl/α,β-unsaturated/α-hetero) is 1. The van der Waals surface area contributed by atoms with Crippen molar-refractivity contribution in [2.24, 2.45) is 28.6 Å². The lowest BCUT2D eigenvalue weighted by molar-refractivity contribution is -0.139. The van der Waals surface area contributed by atoms with E-state index in [0.717, 1.165) is 38.5 Å². The molecule has 154 valence electrons. The van der Waals surface area contributed by atoms with Crippen LogP contribution in [0.4, 0.5) is 0 Å². The Morgan fingerprint density at radius 3 is 2.46 bits per heavy atom. The molecular weight excluding hydrogens is 370 g/mol. The second-order valence-corrected chi connectivity index (χ2v) is 10.8. The van der Waals surface area contributed by atoms with Crippen LogP contribution < -0.4 is 5.32 Å². The summed E-state index contributed by atoms with van der Waals surface area (Å²) in [6.45, 7) is 7.71. The summed E-state index contributed by atoms with van der Waals surface area (Å²) in [6.07, 6.45) is 8.45. The van der Waals surface area contributed by atoms with Crippen LogP contribution in [0.15, 0.2) is 11.6 Å². The first-order valence-electron chi connectivity index (χ1n) is 10.8. The first-order valence-corrected chi connectivity index (χ1v) is 11.3. The van der Waals surface area contributed by atoms with Crippen molar-refractivity contribution in [1.82, 2.24) is 5.32 Å². The van der Waals surface area contributed by atoms with E-state index in [1.54, 1.807) is 6.92 Å². The Labute approximate surface area is 173 Å².